The first kappa shape index (κ1) is 40.9. The number of hydrogen-bond acceptors (Lipinski definition) is 8. The number of hydrogen-bond donors (Lipinski definition) is 8. The molecule has 0 fully saturated rings. The number of unbranched alkanes of at least 4 members (excludes halogenated alkanes) is 5. The molecule has 0 aromatic rings. The van der Waals surface area contributed by atoms with Crippen LogP contribution in [0.15, 0.2) is 72.5 Å². The number of amides is 2. The standard InChI is InChI=1S/C32H47N3O9S/c1-2-3-4-5-12-15-18-27(36)24(17-14-11-9-7-6-8-10-13-16-19-29(38)39)34-25(32(43)44)20-21-28(37)35-26(23-45)31(42)33-22-30(40)41/h6-11,13-14,16-17,19,25-27,34,36,45H,2-5,12,15,18,20-23H2,1H3,(H,33,42)(H,35,37)(H,38,39)(H,40,41)(H,43,44)/t25-,26-,27?/m0/s1. The summed E-state index contributed by atoms with van der Waals surface area (Å²) in [4.78, 5) is 57.7. The van der Waals surface area contributed by atoms with E-state index in [2.05, 4.69) is 35.5 Å². The van der Waals surface area contributed by atoms with Crippen LogP contribution in [-0.2, 0) is 24.0 Å². The lowest BCUT2D eigenvalue weighted by Gasteiger charge is -2.22. The van der Waals surface area contributed by atoms with E-state index < -0.39 is 54.5 Å². The zero-order valence-electron chi connectivity index (χ0n) is 25.6. The Morgan fingerprint density at radius 2 is 1.31 bits per heavy atom. The second-order valence-electron chi connectivity index (χ2n) is 9.92. The fraction of sp³-hybridized carbons (Fsp3) is 0.469. The fourth-order valence-corrected chi connectivity index (χ4v) is 4.01. The minimum Gasteiger partial charge on any atom is -0.480 e. The van der Waals surface area contributed by atoms with E-state index in [1.54, 1.807) is 54.7 Å². The molecule has 0 bridgehead atoms. The number of aliphatic hydroxyl groups excluding tert-OH is 1. The second-order valence-corrected chi connectivity index (χ2v) is 10.3. The van der Waals surface area contributed by atoms with E-state index in [9.17, 15) is 34.2 Å². The zero-order valence-corrected chi connectivity index (χ0v) is 26.5. The van der Waals surface area contributed by atoms with Gasteiger partial charge in [0.2, 0.25) is 11.8 Å². The van der Waals surface area contributed by atoms with Gasteiger partial charge in [-0.1, -0.05) is 100 Å². The minimum absolute atomic E-state index is 0.0905. The molecule has 0 aliphatic carbocycles. The third-order valence-electron chi connectivity index (χ3n) is 6.14. The summed E-state index contributed by atoms with van der Waals surface area (Å²) in [7, 11) is 0. The molecule has 12 nitrogen and oxygen atoms in total. The van der Waals surface area contributed by atoms with E-state index in [-0.39, 0.29) is 24.3 Å². The van der Waals surface area contributed by atoms with Gasteiger partial charge in [0.1, 0.15) is 18.6 Å². The Bertz CT molecular complexity index is 1110. The van der Waals surface area contributed by atoms with Crippen LogP contribution >= 0.6 is 12.6 Å². The van der Waals surface area contributed by atoms with Crippen molar-refractivity contribution < 1.29 is 44.4 Å². The van der Waals surface area contributed by atoms with Crippen molar-refractivity contribution in [2.45, 2.75) is 82.9 Å². The number of allylic oxidation sites excluding steroid dienone is 10. The number of thiol groups is 1. The largest absolute Gasteiger partial charge is 0.480 e. The molecule has 0 saturated heterocycles. The molecule has 0 radical (unpaired) electrons. The number of rotatable bonds is 25. The predicted octanol–water partition coefficient (Wildman–Crippen LogP) is 3.29. The first-order chi connectivity index (χ1) is 21.5. The molecule has 3 atom stereocenters. The molecule has 0 rings (SSSR count). The molecular weight excluding hydrogens is 602 g/mol. The molecule has 7 N–H and O–H groups in total. The normalized spacial score (nSPS) is 14.3. The first-order valence-electron chi connectivity index (χ1n) is 14.9. The molecule has 0 aliphatic heterocycles. The Morgan fingerprint density at radius 3 is 1.87 bits per heavy atom. The van der Waals surface area contributed by atoms with E-state index in [4.69, 9.17) is 10.2 Å². The molecular formula is C32H47N3O9S. The average molecular weight is 650 g/mol. The van der Waals surface area contributed by atoms with Gasteiger partial charge >= 0.3 is 17.9 Å². The van der Waals surface area contributed by atoms with Gasteiger partial charge in [-0.05, 0) is 18.9 Å². The molecule has 45 heavy (non-hydrogen) atoms. The van der Waals surface area contributed by atoms with Crippen molar-refractivity contribution in [3.63, 3.8) is 0 Å². The maximum atomic E-state index is 12.5. The SMILES string of the molecule is CCCCCCCCC(O)C(=CC=CC=CC=CC=CC=CC(=O)O)N[C@@H](CCC(=O)N[C@@H](CS)C(=O)NCC(=O)O)C(=O)O. The topological polar surface area (TPSA) is 202 Å². The summed E-state index contributed by atoms with van der Waals surface area (Å²) in [6.07, 6.45) is 22.6. The van der Waals surface area contributed by atoms with Crippen molar-refractivity contribution in [3.05, 3.63) is 72.5 Å². The van der Waals surface area contributed by atoms with Crippen LogP contribution in [0.25, 0.3) is 0 Å². The molecule has 1 unspecified atom stereocenters. The van der Waals surface area contributed by atoms with Gasteiger partial charge in [-0.15, -0.1) is 0 Å². The molecule has 0 aromatic carbocycles. The summed E-state index contributed by atoms with van der Waals surface area (Å²) in [5.41, 5.74) is 0.283. The second kappa shape index (κ2) is 26.3. The van der Waals surface area contributed by atoms with Crippen LogP contribution < -0.4 is 16.0 Å². The Labute approximate surface area is 270 Å². The van der Waals surface area contributed by atoms with Crippen LogP contribution in [0.5, 0.6) is 0 Å². The van der Waals surface area contributed by atoms with E-state index in [1.807, 2.05) is 0 Å². The molecule has 0 saturated carbocycles. The average Bonchev–Trinajstić information content (AvgIpc) is 2.99. The third kappa shape index (κ3) is 23.0. The van der Waals surface area contributed by atoms with Crippen molar-refractivity contribution in [3.8, 4) is 0 Å². The highest BCUT2D eigenvalue weighted by Gasteiger charge is 2.24. The molecule has 250 valence electrons. The summed E-state index contributed by atoms with van der Waals surface area (Å²) in [6, 6.07) is -2.31. The molecule has 0 aromatic heterocycles. The van der Waals surface area contributed by atoms with Crippen LogP contribution in [0.2, 0.25) is 0 Å². The minimum atomic E-state index is -1.25. The zero-order chi connectivity index (χ0) is 33.9. The third-order valence-corrected chi connectivity index (χ3v) is 6.51. The molecule has 13 heteroatoms. The fourth-order valence-electron chi connectivity index (χ4n) is 3.76. The lowest BCUT2D eigenvalue weighted by Crippen LogP contribution is -2.49. The van der Waals surface area contributed by atoms with Gasteiger partial charge in [0, 0.05) is 23.9 Å². The van der Waals surface area contributed by atoms with E-state index in [0.717, 1.165) is 44.6 Å². The van der Waals surface area contributed by atoms with Crippen molar-refractivity contribution in [1.29, 1.82) is 0 Å². The number of carboxylic acids is 3. The van der Waals surface area contributed by atoms with E-state index in [1.165, 1.54) is 6.08 Å². The lowest BCUT2D eigenvalue weighted by molar-refractivity contribution is -0.140. The maximum absolute atomic E-state index is 12.5. The Hall–Kier alpha value is -4.10. The van der Waals surface area contributed by atoms with Gasteiger partial charge in [0.05, 0.1) is 6.10 Å². The summed E-state index contributed by atoms with van der Waals surface area (Å²) in [6.45, 7) is 1.51. The van der Waals surface area contributed by atoms with Crippen LogP contribution in [0.3, 0.4) is 0 Å². The van der Waals surface area contributed by atoms with Gasteiger partial charge in [0.25, 0.3) is 0 Å². The number of carbonyl (C=O) groups excluding carboxylic acids is 2. The Balaban J connectivity index is 5.41. The van der Waals surface area contributed by atoms with Crippen molar-refractivity contribution >= 4 is 42.4 Å². The smallest absolute Gasteiger partial charge is 0.328 e. The van der Waals surface area contributed by atoms with Crippen molar-refractivity contribution in [1.82, 2.24) is 16.0 Å². The van der Waals surface area contributed by atoms with E-state index >= 15 is 0 Å². The summed E-state index contributed by atoms with van der Waals surface area (Å²) >= 11 is 4.01. The quantitative estimate of drug-likeness (QED) is 0.0314. The van der Waals surface area contributed by atoms with Crippen molar-refractivity contribution in [2.75, 3.05) is 12.3 Å². The van der Waals surface area contributed by atoms with Gasteiger partial charge in [-0.3, -0.25) is 14.4 Å². The van der Waals surface area contributed by atoms with Crippen LogP contribution in [0.1, 0.15) is 64.7 Å². The predicted molar refractivity (Wildman–Crippen MR) is 176 cm³/mol. The van der Waals surface area contributed by atoms with Crippen LogP contribution in [0.4, 0.5) is 0 Å². The van der Waals surface area contributed by atoms with Crippen LogP contribution in [0, 0.1) is 0 Å². The summed E-state index contributed by atoms with van der Waals surface area (Å²) in [5, 5.41) is 45.4. The maximum Gasteiger partial charge on any atom is 0.328 e. The molecule has 2 amide bonds. The molecule has 0 aliphatic rings. The lowest BCUT2D eigenvalue weighted by atomic mass is 10.0. The highest BCUT2D eigenvalue weighted by atomic mass is 32.1. The number of aliphatic carboxylic acids is 3. The van der Waals surface area contributed by atoms with Gasteiger partial charge in [-0.25, -0.2) is 9.59 Å². The summed E-state index contributed by atoms with van der Waals surface area (Å²) < 4.78 is 0. The number of carboxylic acid groups (broad SMARTS) is 3. The number of carbonyl (C=O) groups is 5. The first-order valence-corrected chi connectivity index (χ1v) is 15.5. The Morgan fingerprint density at radius 1 is 0.733 bits per heavy atom. The monoisotopic (exact) mass is 649 g/mol. The number of nitrogens with one attached hydrogen (secondary N) is 3. The van der Waals surface area contributed by atoms with Gasteiger partial charge in [0.15, 0.2) is 0 Å². The molecule has 0 spiro atoms. The van der Waals surface area contributed by atoms with Gasteiger partial charge < -0.3 is 36.4 Å². The van der Waals surface area contributed by atoms with E-state index in [0.29, 0.717) is 6.42 Å². The van der Waals surface area contributed by atoms with Crippen LogP contribution in [-0.4, -0.2) is 80.6 Å². The highest BCUT2D eigenvalue weighted by Crippen LogP contribution is 2.14. The summed E-state index contributed by atoms with van der Waals surface area (Å²) in [5.74, 6) is -4.94. The Kier molecular flexibility index (Phi) is 23.9. The van der Waals surface area contributed by atoms with Crippen molar-refractivity contribution in [2.24, 2.45) is 0 Å². The number of aliphatic hydroxyl groups is 1. The molecule has 0 heterocycles. The highest BCUT2D eigenvalue weighted by molar-refractivity contribution is 7.80. The van der Waals surface area contributed by atoms with Gasteiger partial charge in [-0.2, -0.15) is 12.6 Å².